The zero-order valence-corrected chi connectivity index (χ0v) is 19.2. The van der Waals surface area contributed by atoms with E-state index in [2.05, 4.69) is 25.5 Å². The predicted octanol–water partition coefficient (Wildman–Crippen LogP) is 3.74. The van der Waals surface area contributed by atoms with Crippen molar-refractivity contribution in [1.82, 2.24) is 20.2 Å². The first-order valence-corrected chi connectivity index (χ1v) is 11.2. The number of nitrogens with zero attached hydrogens (tertiary/aromatic N) is 3. The minimum Gasteiger partial charge on any atom is -0.493 e. The molecule has 0 unspecified atom stereocenters. The molecule has 1 amide bonds. The number of amides is 1. The van der Waals surface area contributed by atoms with Crippen LogP contribution < -0.4 is 20.1 Å². The summed E-state index contributed by atoms with van der Waals surface area (Å²) >= 11 is 5.90. The predicted molar refractivity (Wildman–Crippen MR) is 125 cm³/mol. The van der Waals surface area contributed by atoms with Crippen molar-refractivity contribution in [2.75, 3.05) is 45.2 Å². The molecule has 2 N–H and O–H groups in total. The molecule has 3 aromatic rings. The lowest BCUT2D eigenvalue weighted by Crippen LogP contribution is -2.63. The largest absolute Gasteiger partial charge is 0.493 e. The lowest BCUT2D eigenvalue weighted by Gasteiger charge is -2.45. The van der Waals surface area contributed by atoms with E-state index >= 15 is 0 Å². The van der Waals surface area contributed by atoms with Crippen LogP contribution in [-0.4, -0.2) is 66.5 Å². The second-order valence-corrected chi connectivity index (χ2v) is 8.71. The van der Waals surface area contributed by atoms with Crippen molar-refractivity contribution in [3.63, 3.8) is 0 Å². The number of alkyl carbamates (subject to hydrolysis) is 1. The number of hydrogen-bond donors (Lipinski definition) is 2. The zero-order valence-electron chi connectivity index (χ0n) is 18.4. The van der Waals surface area contributed by atoms with Gasteiger partial charge in [-0.1, -0.05) is 17.7 Å². The van der Waals surface area contributed by atoms with Gasteiger partial charge in [0.15, 0.2) is 22.9 Å². The van der Waals surface area contributed by atoms with Crippen LogP contribution in [0.1, 0.15) is 6.42 Å². The van der Waals surface area contributed by atoms with Gasteiger partial charge in [-0.05, 0) is 24.6 Å². The number of likely N-dealkylation sites (tertiary alicyclic amines) is 1. The summed E-state index contributed by atoms with van der Waals surface area (Å²) in [5.41, 5.74) is 0.460. The molecule has 2 aromatic carbocycles. The molecule has 9 nitrogen and oxygen atoms in total. The third kappa shape index (κ3) is 4.38. The Morgan fingerprint density at radius 1 is 1.29 bits per heavy atom. The van der Waals surface area contributed by atoms with Crippen LogP contribution in [0, 0.1) is 5.82 Å². The van der Waals surface area contributed by atoms with E-state index in [0.29, 0.717) is 41.4 Å². The molecule has 0 aliphatic carbocycles. The first-order chi connectivity index (χ1) is 16.5. The molecule has 2 aliphatic rings. The second-order valence-electron chi connectivity index (χ2n) is 8.31. The highest BCUT2D eigenvalue weighted by atomic mass is 35.5. The van der Waals surface area contributed by atoms with E-state index in [-0.39, 0.29) is 22.4 Å². The Morgan fingerprint density at radius 3 is 2.91 bits per heavy atom. The van der Waals surface area contributed by atoms with E-state index in [1.807, 2.05) is 0 Å². The van der Waals surface area contributed by atoms with E-state index in [4.69, 9.17) is 25.8 Å². The highest BCUT2D eigenvalue weighted by molar-refractivity contribution is 6.31. The number of halogens is 2. The number of anilines is 2. The second kappa shape index (κ2) is 9.11. The number of carbonyl (C=O) groups is 1. The topological polar surface area (TPSA) is 97.8 Å². The van der Waals surface area contributed by atoms with Gasteiger partial charge in [0.05, 0.1) is 36.5 Å². The van der Waals surface area contributed by atoms with Crippen molar-refractivity contribution in [2.24, 2.45) is 0 Å². The molecule has 178 valence electrons. The minimum absolute atomic E-state index is 0.0181. The first kappa shape index (κ1) is 22.4. The van der Waals surface area contributed by atoms with Gasteiger partial charge in [-0.15, -0.1) is 0 Å². The summed E-state index contributed by atoms with van der Waals surface area (Å²) in [5, 5.41) is 6.36. The van der Waals surface area contributed by atoms with Crippen molar-refractivity contribution in [1.29, 1.82) is 0 Å². The number of benzene rings is 2. The molecular formula is C23H23ClFN5O4. The van der Waals surface area contributed by atoms with Gasteiger partial charge in [0.1, 0.15) is 12.1 Å². The van der Waals surface area contributed by atoms with Crippen molar-refractivity contribution in [3.8, 4) is 11.5 Å². The number of fused-ring (bicyclic) bond motifs is 1. The monoisotopic (exact) mass is 487 g/mol. The van der Waals surface area contributed by atoms with Gasteiger partial charge in [-0.2, -0.15) is 0 Å². The van der Waals surface area contributed by atoms with Gasteiger partial charge in [0.25, 0.3) is 0 Å². The van der Waals surface area contributed by atoms with Gasteiger partial charge in [-0.3, -0.25) is 4.90 Å². The highest BCUT2D eigenvalue weighted by Gasteiger charge is 2.49. The summed E-state index contributed by atoms with van der Waals surface area (Å²) in [6, 6.07) is 8.25. The molecule has 34 heavy (non-hydrogen) atoms. The van der Waals surface area contributed by atoms with Crippen LogP contribution >= 0.6 is 11.6 Å². The van der Waals surface area contributed by atoms with Crippen LogP contribution in [0.25, 0.3) is 10.9 Å². The summed E-state index contributed by atoms with van der Waals surface area (Å²) in [6.45, 7) is 3.28. The molecule has 2 saturated heterocycles. The number of methoxy groups -OCH3 is 1. The quantitative estimate of drug-likeness (QED) is 0.464. The van der Waals surface area contributed by atoms with Crippen LogP contribution in [0.4, 0.5) is 20.7 Å². The molecule has 0 radical (unpaired) electrons. The molecule has 0 bridgehead atoms. The standard InChI is InChI=1S/C23H23ClFN5O4/c1-32-18-9-17-14(21(28-13-27-17)29-16-5-2-4-15(24)20(16)25)8-19(18)33-7-3-6-30-11-23(12-30)10-26-22(31)34-23/h2,4-5,8-9,13H,3,6-7,10-12H2,1H3,(H,26,31)(H,27,28,29). The van der Waals surface area contributed by atoms with E-state index < -0.39 is 5.82 Å². The molecule has 0 atom stereocenters. The molecule has 0 saturated carbocycles. The van der Waals surface area contributed by atoms with Crippen LogP contribution in [0.5, 0.6) is 11.5 Å². The maximum Gasteiger partial charge on any atom is 0.407 e. The maximum atomic E-state index is 14.4. The average molecular weight is 488 g/mol. The van der Waals surface area contributed by atoms with Crippen molar-refractivity contribution >= 4 is 40.1 Å². The average Bonchev–Trinajstić information content (AvgIpc) is 3.20. The zero-order chi connectivity index (χ0) is 23.7. The molecule has 3 heterocycles. The number of carbonyl (C=O) groups excluding carboxylic acids is 1. The van der Waals surface area contributed by atoms with Crippen LogP contribution in [0.15, 0.2) is 36.7 Å². The van der Waals surface area contributed by atoms with Gasteiger partial charge >= 0.3 is 6.09 Å². The summed E-state index contributed by atoms with van der Waals surface area (Å²) in [7, 11) is 1.56. The van der Waals surface area contributed by atoms with Gasteiger partial charge in [0.2, 0.25) is 0 Å². The van der Waals surface area contributed by atoms with E-state index in [1.54, 1.807) is 31.4 Å². The fourth-order valence-corrected chi connectivity index (χ4v) is 4.41. The SMILES string of the molecule is COc1cc2ncnc(Nc3cccc(Cl)c3F)c2cc1OCCCN1CC2(CNC(=O)O2)C1. The molecule has 5 rings (SSSR count). The molecular weight excluding hydrogens is 465 g/mol. The molecule has 1 aromatic heterocycles. The van der Waals surface area contributed by atoms with Crippen LogP contribution in [-0.2, 0) is 4.74 Å². The first-order valence-electron chi connectivity index (χ1n) is 10.8. The fraction of sp³-hybridized carbons (Fsp3) is 0.348. The van der Waals surface area contributed by atoms with E-state index in [1.165, 1.54) is 12.4 Å². The Morgan fingerprint density at radius 2 is 2.15 bits per heavy atom. The summed E-state index contributed by atoms with van der Waals surface area (Å²) in [4.78, 5) is 22.1. The summed E-state index contributed by atoms with van der Waals surface area (Å²) < 4.78 is 31.2. The van der Waals surface area contributed by atoms with Crippen LogP contribution in [0.3, 0.4) is 0 Å². The Balaban J connectivity index is 1.26. The number of ether oxygens (including phenoxy) is 3. The van der Waals surface area contributed by atoms with Gasteiger partial charge in [-0.25, -0.2) is 19.2 Å². The molecule has 11 heteroatoms. The van der Waals surface area contributed by atoms with Crippen LogP contribution in [0.2, 0.25) is 5.02 Å². The smallest absolute Gasteiger partial charge is 0.407 e. The minimum atomic E-state index is -0.558. The van der Waals surface area contributed by atoms with Crippen molar-refractivity contribution in [2.45, 2.75) is 12.0 Å². The Labute approximate surface area is 200 Å². The fourth-order valence-electron chi connectivity index (χ4n) is 4.24. The van der Waals surface area contributed by atoms with Gasteiger partial charge < -0.3 is 24.8 Å². The Hall–Kier alpha value is -3.37. The van der Waals surface area contributed by atoms with Gasteiger partial charge in [0, 0.05) is 31.1 Å². The van der Waals surface area contributed by atoms with Crippen molar-refractivity contribution < 1.29 is 23.4 Å². The highest BCUT2D eigenvalue weighted by Crippen LogP contribution is 2.36. The number of rotatable bonds is 8. The number of hydrogen-bond acceptors (Lipinski definition) is 8. The maximum absolute atomic E-state index is 14.4. The van der Waals surface area contributed by atoms with E-state index in [0.717, 1.165) is 26.1 Å². The molecule has 2 aliphatic heterocycles. The number of nitrogens with one attached hydrogen (secondary N) is 2. The Kier molecular flexibility index (Phi) is 6.01. The number of aromatic nitrogens is 2. The lowest BCUT2D eigenvalue weighted by molar-refractivity contribution is -0.0735. The van der Waals surface area contributed by atoms with E-state index in [9.17, 15) is 9.18 Å². The van der Waals surface area contributed by atoms with Crippen molar-refractivity contribution in [3.05, 3.63) is 47.5 Å². The summed E-state index contributed by atoms with van der Waals surface area (Å²) in [6.07, 6.45) is 1.83. The third-order valence-electron chi connectivity index (χ3n) is 5.89. The Bertz CT molecular complexity index is 1240. The lowest BCUT2D eigenvalue weighted by atomic mass is 9.94. The normalized spacial score (nSPS) is 16.7. The summed E-state index contributed by atoms with van der Waals surface area (Å²) in [5.74, 6) is 0.937. The molecule has 2 fully saturated rings. The third-order valence-corrected chi connectivity index (χ3v) is 6.18. The molecule has 1 spiro atoms.